The Hall–Kier alpha value is -3.20. The van der Waals surface area contributed by atoms with E-state index >= 15 is 0 Å². The van der Waals surface area contributed by atoms with Crippen molar-refractivity contribution in [1.82, 2.24) is 14.7 Å². The summed E-state index contributed by atoms with van der Waals surface area (Å²) in [4.78, 5) is 38.2. The summed E-state index contributed by atoms with van der Waals surface area (Å²) in [6.07, 6.45) is 0. The molecule has 0 fully saturated rings. The van der Waals surface area contributed by atoms with Crippen molar-refractivity contribution < 1.29 is 23.9 Å². The molecule has 0 spiro atoms. The maximum Gasteiger partial charge on any atom is 0.339 e. The van der Waals surface area contributed by atoms with Gasteiger partial charge in [-0.2, -0.15) is 5.10 Å². The van der Waals surface area contributed by atoms with Crippen molar-refractivity contribution in [3.05, 3.63) is 46.3 Å². The number of aromatic nitrogens is 2. The molecule has 0 atom stereocenters. The van der Waals surface area contributed by atoms with Crippen LogP contribution in [0, 0.1) is 13.8 Å². The Balaban J connectivity index is 2.15. The van der Waals surface area contributed by atoms with Gasteiger partial charge in [0.15, 0.2) is 0 Å². The lowest BCUT2D eigenvalue weighted by Crippen LogP contribution is -2.30. The lowest BCUT2D eigenvalue weighted by molar-refractivity contribution is -0.117. The minimum Gasteiger partial charge on any atom is -0.465 e. The SMILES string of the molecule is COC(=O)c1ccc(C(=O)OC)c(NC(=O)CN(C)Cc2c(C)nn(C)c2C)c1. The highest BCUT2D eigenvalue weighted by Gasteiger charge is 2.19. The van der Waals surface area contributed by atoms with Gasteiger partial charge in [-0.3, -0.25) is 14.4 Å². The van der Waals surface area contributed by atoms with E-state index in [1.165, 1.54) is 32.4 Å². The van der Waals surface area contributed by atoms with Crippen LogP contribution in [-0.4, -0.2) is 60.3 Å². The van der Waals surface area contributed by atoms with Crippen LogP contribution >= 0.6 is 0 Å². The van der Waals surface area contributed by atoms with Gasteiger partial charge in [0.05, 0.1) is 43.3 Å². The number of aryl methyl sites for hydroxylation is 2. The van der Waals surface area contributed by atoms with Crippen LogP contribution in [0.2, 0.25) is 0 Å². The zero-order chi connectivity index (χ0) is 21.7. The Morgan fingerprint density at radius 3 is 2.34 bits per heavy atom. The molecule has 1 N–H and O–H groups in total. The van der Waals surface area contributed by atoms with E-state index in [0.29, 0.717) is 6.54 Å². The number of ether oxygens (including phenoxy) is 2. The fourth-order valence-corrected chi connectivity index (χ4v) is 2.99. The first-order chi connectivity index (χ1) is 13.7. The maximum absolute atomic E-state index is 12.6. The number of carbonyl (C=O) groups excluding carboxylic acids is 3. The van der Waals surface area contributed by atoms with Crippen LogP contribution in [0.15, 0.2) is 18.2 Å². The average molecular weight is 402 g/mol. The summed E-state index contributed by atoms with van der Waals surface area (Å²) >= 11 is 0. The number of esters is 2. The summed E-state index contributed by atoms with van der Waals surface area (Å²) in [5, 5.41) is 7.07. The third-order valence-electron chi connectivity index (χ3n) is 4.62. The first kappa shape index (κ1) is 22.1. The fraction of sp³-hybridized carbons (Fsp3) is 0.400. The molecule has 29 heavy (non-hydrogen) atoms. The maximum atomic E-state index is 12.6. The fourth-order valence-electron chi connectivity index (χ4n) is 2.99. The zero-order valence-corrected chi connectivity index (χ0v) is 17.5. The Labute approximate surface area is 169 Å². The normalized spacial score (nSPS) is 10.7. The first-order valence-electron chi connectivity index (χ1n) is 8.96. The van der Waals surface area contributed by atoms with E-state index in [9.17, 15) is 14.4 Å². The number of hydrogen-bond donors (Lipinski definition) is 1. The molecule has 9 nitrogen and oxygen atoms in total. The quantitative estimate of drug-likeness (QED) is 0.703. The Morgan fingerprint density at radius 2 is 1.79 bits per heavy atom. The molecular formula is C20H26N4O5. The van der Waals surface area contributed by atoms with Crippen molar-refractivity contribution in [3.63, 3.8) is 0 Å². The minimum absolute atomic E-state index is 0.0802. The molecule has 0 aliphatic heterocycles. The van der Waals surface area contributed by atoms with Crippen molar-refractivity contribution in [2.24, 2.45) is 7.05 Å². The second-order valence-corrected chi connectivity index (χ2v) is 6.74. The lowest BCUT2D eigenvalue weighted by Gasteiger charge is -2.17. The smallest absolute Gasteiger partial charge is 0.339 e. The van der Waals surface area contributed by atoms with Gasteiger partial charge in [-0.15, -0.1) is 0 Å². The van der Waals surface area contributed by atoms with Crippen molar-refractivity contribution in [2.45, 2.75) is 20.4 Å². The van der Waals surface area contributed by atoms with Crippen molar-refractivity contribution in [1.29, 1.82) is 0 Å². The van der Waals surface area contributed by atoms with E-state index < -0.39 is 11.9 Å². The van der Waals surface area contributed by atoms with Crippen LogP contribution < -0.4 is 5.32 Å². The van der Waals surface area contributed by atoms with E-state index in [-0.39, 0.29) is 29.3 Å². The summed E-state index contributed by atoms with van der Waals surface area (Å²) in [7, 11) is 6.19. The second-order valence-electron chi connectivity index (χ2n) is 6.74. The molecule has 0 unspecified atom stereocenters. The van der Waals surface area contributed by atoms with Gasteiger partial charge in [0.1, 0.15) is 0 Å². The van der Waals surface area contributed by atoms with Crippen molar-refractivity contribution >= 4 is 23.5 Å². The number of nitrogens with one attached hydrogen (secondary N) is 1. The Kier molecular flexibility index (Phi) is 7.11. The van der Waals surface area contributed by atoms with Gasteiger partial charge in [-0.05, 0) is 39.1 Å². The van der Waals surface area contributed by atoms with Crippen LogP contribution in [0.5, 0.6) is 0 Å². The number of benzene rings is 1. The second kappa shape index (κ2) is 9.33. The number of amides is 1. The summed E-state index contributed by atoms with van der Waals surface area (Å²) in [5.41, 5.74) is 3.56. The van der Waals surface area contributed by atoms with Crippen LogP contribution in [0.3, 0.4) is 0 Å². The number of methoxy groups -OCH3 is 2. The number of anilines is 1. The highest BCUT2D eigenvalue weighted by Crippen LogP contribution is 2.20. The van der Waals surface area contributed by atoms with Gasteiger partial charge in [-0.25, -0.2) is 9.59 Å². The standard InChI is InChI=1S/C20H26N4O5/c1-12-16(13(2)24(4)22-12)10-23(3)11-18(25)21-17-9-14(19(26)28-5)7-8-15(17)20(27)29-6/h7-9H,10-11H2,1-6H3,(H,21,25). The molecule has 1 amide bonds. The molecule has 2 rings (SSSR count). The molecular weight excluding hydrogens is 376 g/mol. The molecule has 1 aromatic carbocycles. The zero-order valence-electron chi connectivity index (χ0n) is 17.5. The Morgan fingerprint density at radius 1 is 1.14 bits per heavy atom. The summed E-state index contributed by atoms with van der Waals surface area (Å²) in [6.45, 7) is 4.53. The summed E-state index contributed by atoms with van der Waals surface area (Å²) < 4.78 is 11.2. The third kappa shape index (κ3) is 5.20. The number of nitrogens with zero attached hydrogens (tertiary/aromatic N) is 3. The number of rotatable bonds is 7. The molecule has 9 heteroatoms. The number of likely N-dealkylation sites (N-methyl/N-ethyl adjacent to an activating group) is 1. The van der Waals surface area contributed by atoms with E-state index in [2.05, 4.69) is 10.4 Å². The van der Waals surface area contributed by atoms with Crippen LogP contribution in [0.4, 0.5) is 5.69 Å². The van der Waals surface area contributed by atoms with E-state index in [1.807, 2.05) is 32.8 Å². The van der Waals surface area contributed by atoms with Crippen molar-refractivity contribution in [3.8, 4) is 0 Å². The van der Waals surface area contributed by atoms with E-state index in [4.69, 9.17) is 9.47 Å². The molecule has 1 aromatic heterocycles. The Bertz CT molecular complexity index is 935. The largest absolute Gasteiger partial charge is 0.465 e. The topological polar surface area (TPSA) is 103 Å². The molecule has 0 saturated carbocycles. The predicted molar refractivity (Wildman–Crippen MR) is 107 cm³/mol. The number of hydrogen-bond acceptors (Lipinski definition) is 7. The van der Waals surface area contributed by atoms with Gasteiger partial charge in [0.25, 0.3) is 0 Å². The van der Waals surface area contributed by atoms with E-state index in [0.717, 1.165) is 17.0 Å². The molecule has 0 radical (unpaired) electrons. The summed E-state index contributed by atoms with van der Waals surface area (Å²) in [6, 6.07) is 4.25. The first-order valence-corrected chi connectivity index (χ1v) is 8.96. The van der Waals surface area contributed by atoms with E-state index in [1.54, 1.807) is 4.68 Å². The molecule has 2 aromatic rings. The lowest BCUT2D eigenvalue weighted by atomic mass is 10.1. The molecule has 0 aliphatic rings. The van der Waals surface area contributed by atoms with Gasteiger partial charge < -0.3 is 14.8 Å². The molecule has 1 heterocycles. The van der Waals surface area contributed by atoms with Gasteiger partial charge >= 0.3 is 11.9 Å². The molecule has 0 saturated heterocycles. The van der Waals surface area contributed by atoms with Gasteiger partial charge in [0, 0.05) is 24.8 Å². The highest BCUT2D eigenvalue weighted by molar-refractivity contribution is 6.03. The molecule has 0 bridgehead atoms. The monoisotopic (exact) mass is 402 g/mol. The van der Waals surface area contributed by atoms with Crippen molar-refractivity contribution in [2.75, 3.05) is 33.1 Å². The van der Waals surface area contributed by atoms with Crippen LogP contribution in [0.25, 0.3) is 0 Å². The number of carbonyl (C=O) groups is 3. The predicted octanol–water partition coefficient (Wildman–Crippen LogP) is 1.68. The van der Waals surface area contributed by atoms with Crippen LogP contribution in [0.1, 0.15) is 37.7 Å². The van der Waals surface area contributed by atoms with Crippen LogP contribution in [-0.2, 0) is 27.9 Å². The van der Waals surface area contributed by atoms with Gasteiger partial charge in [0.2, 0.25) is 5.91 Å². The molecule has 0 aliphatic carbocycles. The average Bonchev–Trinajstić information content (AvgIpc) is 2.92. The highest BCUT2D eigenvalue weighted by atomic mass is 16.5. The third-order valence-corrected chi connectivity index (χ3v) is 4.62. The molecule has 156 valence electrons. The summed E-state index contributed by atoms with van der Waals surface area (Å²) in [5.74, 6) is -1.53. The van der Waals surface area contributed by atoms with Gasteiger partial charge in [-0.1, -0.05) is 0 Å². The minimum atomic E-state index is -0.619.